The number of anilines is 1. The zero-order chi connectivity index (χ0) is 15.3. The van der Waals surface area contributed by atoms with Gasteiger partial charge in [-0.2, -0.15) is 0 Å². The molecule has 1 rings (SSSR count). The lowest BCUT2D eigenvalue weighted by Crippen LogP contribution is -2.40. The summed E-state index contributed by atoms with van der Waals surface area (Å²) in [7, 11) is 0. The highest BCUT2D eigenvalue weighted by molar-refractivity contribution is 5.77. The van der Waals surface area contributed by atoms with E-state index in [1.807, 2.05) is 52.8 Å². The van der Waals surface area contributed by atoms with Gasteiger partial charge in [0.15, 0.2) is 0 Å². The normalized spacial score (nSPS) is 11.5. The van der Waals surface area contributed by atoms with Gasteiger partial charge in [0, 0.05) is 12.0 Å². The van der Waals surface area contributed by atoms with Crippen LogP contribution >= 0.6 is 0 Å². The Balaban J connectivity index is 2.57. The van der Waals surface area contributed by atoms with Crippen molar-refractivity contribution in [2.75, 3.05) is 5.73 Å². The first-order chi connectivity index (χ1) is 9.17. The van der Waals surface area contributed by atoms with Crippen molar-refractivity contribution in [3.8, 4) is 5.75 Å². The molecule has 0 atom stereocenters. The van der Waals surface area contributed by atoms with Gasteiger partial charge in [-0.25, -0.2) is 0 Å². The number of hydrogen-bond acceptors (Lipinski definition) is 3. The Kier molecular flexibility index (Phi) is 5.43. The average molecular weight is 278 g/mol. The van der Waals surface area contributed by atoms with Gasteiger partial charge in [0.05, 0.1) is 11.8 Å². The van der Waals surface area contributed by atoms with Crippen molar-refractivity contribution < 1.29 is 9.53 Å². The maximum atomic E-state index is 11.8. The Bertz CT molecular complexity index is 462. The van der Waals surface area contributed by atoms with E-state index in [9.17, 15) is 4.79 Å². The number of carbonyl (C=O) groups excluding carboxylic acids is 1. The van der Waals surface area contributed by atoms with Gasteiger partial charge >= 0.3 is 0 Å². The predicted octanol–water partition coefficient (Wildman–Crippen LogP) is 2.90. The molecule has 3 N–H and O–H groups in total. The Hall–Kier alpha value is -1.71. The van der Waals surface area contributed by atoms with E-state index in [2.05, 4.69) is 5.32 Å². The van der Waals surface area contributed by atoms with Gasteiger partial charge in [0.25, 0.3) is 0 Å². The van der Waals surface area contributed by atoms with Crippen molar-refractivity contribution in [2.45, 2.75) is 59.1 Å². The van der Waals surface area contributed by atoms with Crippen LogP contribution in [0.15, 0.2) is 18.2 Å². The number of ether oxygens (including phenoxy) is 1. The Morgan fingerprint density at radius 2 is 2.00 bits per heavy atom. The van der Waals surface area contributed by atoms with Gasteiger partial charge in [0.1, 0.15) is 5.75 Å². The number of rotatable bonds is 5. The number of carbonyl (C=O) groups is 1. The standard InChI is InChI=1S/C16H26N2O2/c1-11(2)20-14-8-6-12(10-13(14)17)7-9-15(19)18-16(3,4)5/h6,8,10-11H,7,9,17H2,1-5H3,(H,18,19). The van der Waals surface area contributed by atoms with Crippen LogP contribution in [0.25, 0.3) is 0 Å². The van der Waals surface area contributed by atoms with Gasteiger partial charge in [-0.05, 0) is 58.7 Å². The van der Waals surface area contributed by atoms with Crippen molar-refractivity contribution in [3.05, 3.63) is 23.8 Å². The van der Waals surface area contributed by atoms with E-state index in [-0.39, 0.29) is 17.6 Å². The second-order valence-electron chi connectivity index (χ2n) is 6.34. The summed E-state index contributed by atoms with van der Waals surface area (Å²) in [5.41, 5.74) is 7.42. The summed E-state index contributed by atoms with van der Waals surface area (Å²) in [5, 5.41) is 2.95. The monoisotopic (exact) mass is 278 g/mol. The molecule has 1 aromatic rings. The van der Waals surface area contributed by atoms with Gasteiger partial charge < -0.3 is 15.8 Å². The van der Waals surface area contributed by atoms with Crippen LogP contribution in [0.4, 0.5) is 5.69 Å². The molecule has 0 aromatic heterocycles. The molecule has 0 saturated carbocycles. The highest BCUT2D eigenvalue weighted by Gasteiger charge is 2.13. The molecule has 112 valence electrons. The fourth-order valence-corrected chi connectivity index (χ4v) is 1.85. The number of benzene rings is 1. The van der Waals surface area contributed by atoms with Crippen LogP contribution in [0.3, 0.4) is 0 Å². The van der Waals surface area contributed by atoms with Gasteiger partial charge in [-0.15, -0.1) is 0 Å². The zero-order valence-electron chi connectivity index (χ0n) is 13.1. The van der Waals surface area contributed by atoms with Crippen LogP contribution in [-0.4, -0.2) is 17.6 Å². The van der Waals surface area contributed by atoms with Crippen molar-refractivity contribution in [2.24, 2.45) is 0 Å². The molecule has 0 heterocycles. The summed E-state index contributed by atoms with van der Waals surface area (Å²) in [6, 6.07) is 5.70. The third-order valence-electron chi connectivity index (χ3n) is 2.59. The molecule has 0 radical (unpaired) electrons. The van der Waals surface area contributed by atoms with Gasteiger partial charge in [-0.1, -0.05) is 6.07 Å². The molecule has 20 heavy (non-hydrogen) atoms. The Morgan fingerprint density at radius 3 is 2.50 bits per heavy atom. The molecule has 0 aliphatic rings. The first kappa shape index (κ1) is 16.3. The van der Waals surface area contributed by atoms with Gasteiger partial charge in [0.2, 0.25) is 5.91 Å². The van der Waals surface area contributed by atoms with E-state index in [1.165, 1.54) is 0 Å². The maximum Gasteiger partial charge on any atom is 0.220 e. The average Bonchev–Trinajstić information content (AvgIpc) is 2.27. The van der Waals surface area contributed by atoms with Gasteiger partial charge in [-0.3, -0.25) is 4.79 Å². The van der Waals surface area contributed by atoms with E-state index in [0.717, 1.165) is 5.56 Å². The number of aryl methyl sites for hydroxylation is 1. The number of nitrogens with two attached hydrogens (primary N) is 1. The van der Waals surface area contributed by atoms with E-state index in [1.54, 1.807) is 0 Å². The van der Waals surface area contributed by atoms with Crippen LogP contribution in [-0.2, 0) is 11.2 Å². The summed E-state index contributed by atoms with van der Waals surface area (Å²) >= 11 is 0. The largest absolute Gasteiger partial charge is 0.489 e. The van der Waals surface area contributed by atoms with Crippen molar-refractivity contribution in [1.29, 1.82) is 0 Å². The molecule has 4 heteroatoms. The van der Waals surface area contributed by atoms with Crippen LogP contribution < -0.4 is 15.8 Å². The minimum absolute atomic E-state index is 0.0542. The fraction of sp³-hybridized carbons (Fsp3) is 0.562. The number of nitrogen functional groups attached to an aromatic ring is 1. The van der Waals surface area contributed by atoms with Crippen LogP contribution in [0.5, 0.6) is 5.75 Å². The molecular formula is C16H26N2O2. The topological polar surface area (TPSA) is 64.3 Å². The van der Waals surface area contributed by atoms with Crippen molar-refractivity contribution in [3.63, 3.8) is 0 Å². The molecule has 0 bridgehead atoms. The molecule has 0 unspecified atom stereocenters. The zero-order valence-corrected chi connectivity index (χ0v) is 13.1. The first-order valence-corrected chi connectivity index (χ1v) is 7.03. The SMILES string of the molecule is CC(C)Oc1ccc(CCC(=O)NC(C)(C)C)cc1N. The van der Waals surface area contributed by atoms with Crippen molar-refractivity contribution >= 4 is 11.6 Å². The third-order valence-corrected chi connectivity index (χ3v) is 2.59. The second kappa shape index (κ2) is 6.64. The minimum atomic E-state index is -0.189. The smallest absolute Gasteiger partial charge is 0.220 e. The molecule has 0 fully saturated rings. The maximum absolute atomic E-state index is 11.8. The summed E-state index contributed by atoms with van der Waals surface area (Å²) in [6.07, 6.45) is 1.23. The highest BCUT2D eigenvalue weighted by Crippen LogP contribution is 2.24. The first-order valence-electron chi connectivity index (χ1n) is 7.03. The lowest BCUT2D eigenvalue weighted by Gasteiger charge is -2.20. The number of nitrogens with one attached hydrogen (secondary N) is 1. The van der Waals surface area contributed by atoms with Crippen LogP contribution in [0.2, 0.25) is 0 Å². The summed E-state index contributed by atoms with van der Waals surface area (Å²) < 4.78 is 5.59. The number of hydrogen-bond donors (Lipinski definition) is 2. The van der Waals surface area contributed by atoms with E-state index in [0.29, 0.717) is 24.3 Å². The molecule has 4 nitrogen and oxygen atoms in total. The molecule has 0 aliphatic heterocycles. The minimum Gasteiger partial charge on any atom is -0.489 e. The summed E-state index contributed by atoms with van der Waals surface area (Å²) in [5.74, 6) is 0.751. The predicted molar refractivity (Wildman–Crippen MR) is 82.8 cm³/mol. The van der Waals surface area contributed by atoms with Crippen LogP contribution in [0.1, 0.15) is 46.6 Å². The fourth-order valence-electron chi connectivity index (χ4n) is 1.85. The Morgan fingerprint density at radius 1 is 1.35 bits per heavy atom. The molecule has 1 aromatic carbocycles. The van der Waals surface area contributed by atoms with Crippen molar-refractivity contribution in [1.82, 2.24) is 5.32 Å². The van der Waals surface area contributed by atoms with Crippen LogP contribution in [0, 0.1) is 0 Å². The highest BCUT2D eigenvalue weighted by atomic mass is 16.5. The third kappa shape index (κ3) is 5.95. The molecule has 0 aliphatic carbocycles. The molecule has 0 spiro atoms. The van der Waals surface area contributed by atoms with E-state index in [4.69, 9.17) is 10.5 Å². The lowest BCUT2D eigenvalue weighted by molar-refractivity contribution is -0.122. The number of amides is 1. The Labute approximate surface area is 121 Å². The second-order valence-corrected chi connectivity index (χ2v) is 6.34. The lowest BCUT2D eigenvalue weighted by atomic mass is 10.1. The molecular weight excluding hydrogens is 252 g/mol. The molecule has 1 amide bonds. The van der Waals surface area contributed by atoms with E-state index < -0.39 is 0 Å². The van der Waals surface area contributed by atoms with E-state index >= 15 is 0 Å². The summed E-state index contributed by atoms with van der Waals surface area (Å²) in [6.45, 7) is 9.84. The quantitative estimate of drug-likeness (QED) is 0.814. The molecule has 0 saturated heterocycles. The summed E-state index contributed by atoms with van der Waals surface area (Å²) in [4.78, 5) is 11.8.